The number of hydrogen-bond acceptors (Lipinski definition) is 4. The fourth-order valence-corrected chi connectivity index (χ4v) is 3.71. The van der Waals surface area contributed by atoms with Crippen molar-refractivity contribution >= 4 is 17.4 Å². The molecule has 5 heteroatoms. The Bertz CT molecular complexity index is 778. The van der Waals surface area contributed by atoms with Crippen LogP contribution < -0.4 is 5.32 Å². The third kappa shape index (κ3) is 3.94. The van der Waals surface area contributed by atoms with E-state index in [1.54, 1.807) is 0 Å². The maximum Gasteiger partial charge on any atom is 0.265 e. The monoisotopic (exact) mass is 351 g/mol. The van der Waals surface area contributed by atoms with Crippen LogP contribution in [-0.4, -0.2) is 21.5 Å². The maximum absolute atomic E-state index is 12.7. The van der Waals surface area contributed by atoms with E-state index in [1.807, 2.05) is 50.2 Å². The van der Waals surface area contributed by atoms with Gasteiger partial charge in [0.15, 0.2) is 0 Å². The predicted molar refractivity (Wildman–Crippen MR) is 101 cm³/mol. The Balaban J connectivity index is 1.87. The average molecular weight is 351 g/mol. The van der Waals surface area contributed by atoms with Gasteiger partial charge < -0.3 is 5.32 Å². The van der Waals surface area contributed by atoms with E-state index in [4.69, 9.17) is 0 Å². The van der Waals surface area contributed by atoms with E-state index < -0.39 is 0 Å². The molecule has 2 aromatic carbocycles. The average Bonchev–Trinajstić information content (AvgIpc) is 3.12. The van der Waals surface area contributed by atoms with Crippen LogP contribution in [0.4, 0.5) is 0 Å². The molecular weight excluding hydrogens is 330 g/mol. The molecule has 1 aromatic heterocycles. The van der Waals surface area contributed by atoms with Crippen molar-refractivity contribution in [3.8, 4) is 0 Å². The number of aryl methyl sites for hydroxylation is 1. The zero-order valence-electron chi connectivity index (χ0n) is 14.3. The van der Waals surface area contributed by atoms with Crippen LogP contribution in [0.1, 0.15) is 46.3 Å². The van der Waals surface area contributed by atoms with Gasteiger partial charge in [0.1, 0.15) is 4.88 Å². The van der Waals surface area contributed by atoms with E-state index in [0.29, 0.717) is 11.3 Å². The molecule has 1 N–H and O–H groups in total. The predicted octanol–water partition coefficient (Wildman–Crippen LogP) is 4.05. The number of nitrogens with zero attached hydrogens (tertiary/aromatic N) is 2. The minimum atomic E-state index is -0.101. The first kappa shape index (κ1) is 17.3. The first-order valence-corrected chi connectivity index (χ1v) is 9.20. The Kier molecular flexibility index (Phi) is 5.56. The van der Waals surface area contributed by atoms with Crippen molar-refractivity contribution in [1.82, 2.24) is 14.9 Å². The highest BCUT2D eigenvalue weighted by molar-refractivity contribution is 7.08. The minimum Gasteiger partial charge on any atom is -0.348 e. The molecule has 0 bridgehead atoms. The number of nitrogens with one attached hydrogen (secondary N) is 1. The number of aromatic nitrogens is 2. The van der Waals surface area contributed by atoms with Gasteiger partial charge in [-0.05, 0) is 36.0 Å². The third-order valence-electron chi connectivity index (χ3n) is 4.27. The summed E-state index contributed by atoms with van der Waals surface area (Å²) in [7, 11) is 0. The second-order valence-corrected chi connectivity index (χ2v) is 6.72. The van der Waals surface area contributed by atoms with Crippen molar-refractivity contribution in [1.29, 1.82) is 0 Å². The summed E-state index contributed by atoms with van der Waals surface area (Å²) in [6.07, 6.45) is 0.703. The molecule has 3 aromatic rings. The van der Waals surface area contributed by atoms with Gasteiger partial charge in [-0.3, -0.25) is 4.79 Å². The molecule has 0 radical (unpaired) electrons. The molecule has 25 heavy (non-hydrogen) atoms. The molecule has 1 amide bonds. The van der Waals surface area contributed by atoms with Crippen LogP contribution in [0.2, 0.25) is 0 Å². The van der Waals surface area contributed by atoms with Gasteiger partial charge in [-0.15, -0.1) is 5.10 Å². The molecule has 0 spiro atoms. The lowest BCUT2D eigenvalue weighted by Gasteiger charge is -2.26. The third-order valence-corrected chi connectivity index (χ3v) is 5.04. The Morgan fingerprint density at radius 3 is 2.12 bits per heavy atom. The quantitative estimate of drug-likeness (QED) is 0.729. The summed E-state index contributed by atoms with van der Waals surface area (Å²) in [5, 5.41) is 7.18. The van der Waals surface area contributed by atoms with Crippen molar-refractivity contribution < 1.29 is 4.79 Å². The molecule has 0 aliphatic carbocycles. The summed E-state index contributed by atoms with van der Waals surface area (Å²) in [6, 6.07) is 20.5. The van der Waals surface area contributed by atoms with Crippen molar-refractivity contribution in [2.24, 2.45) is 0 Å². The molecule has 1 atom stereocenters. The van der Waals surface area contributed by atoms with E-state index in [9.17, 15) is 4.79 Å². The van der Waals surface area contributed by atoms with E-state index >= 15 is 0 Å². The highest BCUT2D eigenvalue weighted by Gasteiger charge is 2.25. The summed E-state index contributed by atoms with van der Waals surface area (Å²) < 4.78 is 3.91. The summed E-state index contributed by atoms with van der Waals surface area (Å²) in [5.74, 6) is -0.0199. The van der Waals surface area contributed by atoms with Gasteiger partial charge in [0.25, 0.3) is 5.91 Å². The van der Waals surface area contributed by atoms with E-state index in [-0.39, 0.29) is 17.9 Å². The van der Waals surface area contributed by atoms with Crippen LogP contribution in [0.15, 0.2) is 60.7 Å². The second kappa shape index (κ2) is 8.03. The Hall–Kier alpha value is -2.53. The normalized spacial score (nSPS) is 12.1. The number of carbonyl (C=O) groups excluding carboxylic acids is 1. The Labute approximate surface area is 152 Å². The molecule has 128 valence electrons. The number of carbonyl (C=O) groups is 1. The lowest BCUT2D eigenvalue weighted by molar-refractivity contribution is 0.0940. The maximum atomic E-state index is 12.7. The van der Waals surface area contributed by atoms with E-state index in [1.165, 1.54) is 11.1 Å². The summed E-state index contributed by atoms with van der Waals surface area (Å²) in [6.45, 7) is 4.02. The van der Waals surface area contributed by atoms with Crippen molar-refractivity contribution in [3.63, 3.8) is 0 Å². The van der Waals surface area contributed by atoms with Gasteiger partial charge in [-0.1, -0.05) is 72.1 Å². The van der Waals surface area contributed by atoms with Gasteiger partial charge >= 0.3 is 0 Å². The second-order valence-electron chi connectivity index (χ2n) is 5.96. The van der Waals surface area contributed by atoms with Crippen LogP contribution in [0, 0.1) is 0 Å². The first-order chi connectivity index (χ1) is 12.2. The van der Waals surface area contributed by atoms with Gasteiger partial charge in [-0.25, -0.2) is 0 Å². The van der Waals surface area contributed by atoms with Gasteiger partial charge in [0.2, 0.25) is 0 Å². The van der Waals surface area contributed by atoms with Gasteiger partial charge in [0.05, 0.1) is 5.69 Å². The fraction of sp³-hybridized carbons (Fsp3) is 0.250. The van der Waals surface area contributed by atoms with Crippen LogP contribution >= 0.6 is 11.5 Å². The zero-order chi connectivity index (χ0) is 17.6. The summed E-state index contributed by atoms with van der Waals surface area (Å²) >= 11 is 1.15. The van der Waals surface area contributed by atoms with Crippen LogP contribution in [0.25, 0.3) is 0 Å². The van der Waals surface area contributed by atoms with Crippen LogP contribution in [0.5, 0.6) is 0 Å². The molecule has 0 saturated heterocycles. The molecule has 0 aliphatic heterocycles. The van der Waals surface area contributed by atoms with Crippen LogP contribution in [0.3, 0.4) is 0 Å². The highest BCUT2D eigenvalue weighted by atomic mass is 32.1. The largest absolute Gasteiger partial charge is 0.348 e. The fourth-order valence-electron chi connectivity index (χ4n) is 3.06. The molecule has 1 unspecified atom stereocenters. The number of benzene rings is 2. The first-order valence-electron chi connectivity index (χ1n) is 8.42. The lowest BCUT2D eigenvalue weighted by atomic mass is 9.86. The number of rotatable bonds is 6. The molecule has 0 saturated carbocycles. The van der Waals surface area contributed by atoms with Crippen molar-refractivity contribution in [3.05, 3.63) is 82.4 Å². The summed E-state index contributed by atoms with van der Waals surface area (Å²) in [4.78, 5) is 13.3. The van der Waals surface area contributed by atoms with Crippen LogP contribution in [-0.2, 0) is 6.42 Å². The van der Waals surface area contributed by atoms with Gasteiger partial charge in [0, 0.05) is 12.0 Å². The molecular formula is C20H21N3OS. The molecule has 3 rings (SSSR count). The van der Waals surface area contributed by atoms with E-state index in [0.717, 1.165) is 17.2 Å². The molecule has 0 aliphatic rings. The van der Waals surface area contributed by atoms with Crippen molar-refractivity contribution in [2.45, 2.75) is 32.2 Å². The standard InChI is InChI=1S/C20H21N3OS/c1-3-17-19(25-23-22-17)20(24)21-14(2)18(15-10-6-4-7-11-15)16-12-8-5-9-13-16/h4-14,18H,3H2,1-2H3,(H,21,24). The smallest absolute Gasteiger partial charge is 0.265 e. The highest BCUT2D eigenvalue weighted by Crippen LogP contribution is 2.28. The minimum absolute atomic E-state index is 0.0656. The SMILES string of the molecule is CCc1nnsc1C(=O)NC(C)C(c1ccccc1)c1ccccc1. The van der Waals surface area contributed by atoms with E-state index in [2.05, 4.69) is 39.2 Å². The molecule has 4 nitrogen and oxygen atoms in total. The topological polar surface area (TPSA) is 54.9 Å². The van der Waals surface area contributed by atoms with Crippen molar-refractivity contribution in [2.75, 3.05) is 0 Å². The number of hydrogen-bond donors (Lipinski definition) is 1. The zero-order valence-corrected chi connectivity index (χ0v) is 15.2. The molecule has 0 fully saturated rings. The summed E-state index contributed by atoms with van der Waals surface area (Å²) in [5.41, 5.74) is 3.12. The van der Waals surface area contributed by atoms with Gasteiger partial charge in [-0.2, -0.15) is 0 Å². The molecule has 1 heterocycles. The number of amides is 1. The lowest BCUT2D eigenvalue weighted by Crippen LogP contribution is -2.37. The Morgan fingerprint density at radius 1 is 1.04 bits per heavy atom. The Morgan fingerprint density at radius 2 is 1.60 bits per heavy atom.